The van der Waals surface area contributed by atoms with Crippen LogP contribution in [0.1, 0.15) is 93.6 Å². The van der Waals surface area contributed by atoms with Gasteiger partial charge in [0.2, 0.25) is 5.88 Å². The van der Waals surface area contributed by atoms with Gasteiger partial charge in [-0.3, -0.25) is 4.90 Å². The molecule has 1 aliphatic carbocycles. The molecule has 43 heavy (non-hydrogen) atoms. The number of carbonyl (C=O) groups is 1. The van der Waals surface area contributed by atoms with Gasteiger partial charge in [-0.15, -0.1) is 0 Å². The van der Waals surface area contributed by atoms with Crippen LogP contribution >= 0.6 is 0 Å². The Morgan fingerprint density at radius 2 is 1.81 bits per heavy atom. The third-order valence-electron chi connectivity index (χ3n) is 9.95. The molecule has 0 bridgehead atoms. The number of nitrogens with zero attached hydrogens (tertiary/aromatic N) is 2. The van der Waals surface area contributed by atoms with Crippen molar-refractivity contribution in [3.05, 3.63) is 77.0 Å². The van der Waals surface area contributed by atoms with E-state index in [0.717, 1.165) is 49.1 Å². The van der Waals surface area contributed by atoms with Crippen LogP contribution in [0.2, 0.25) is 0 Å². The SMILES string of the molecule is COc1cc(-c2ccc(C3CCc4ccc([C@H](C5CC5)[C@H](C)C(=O)[O-])cc4O3)cc2CN2[C@H](C)CCC[C@H]2C)ccn1.[Na+]. The van der Waals surface area contributed by atoms with Crippen LogP contribution in [0.5, 0.6) is 11.6 Å². The topological polar surface area (TPSA) is 74.7 Å². The quantitative estimate of drug-likeness (QED) is 0.356. The second-order valence-electron chi connectivity index (χ2n) is 12.8. The van der Waals surface area contributed by atoms with E-state index in [0.29, 0.717) is 23.9 Å². The molecule has 6 nitrogen and oxygen atoms in total. The first kappa shape index (κ1) is 32.0. The molecule has 1 unspecified atom stereocenters. The molecule has 2 aliphatic heterocycles. The fraction of sp³-hybridized carbons (Fsp3) is 0.500. The summed E-state index contributed by atoms with van der Waals surface area (Å²) >= 11 is 0. The van der Waals surface area contributed by atoms with Crippen molar-refractivity contribution in [3.8, 4) is 22.8 Å². The number of piperidine rings is 1. The molecule has 1 saturated heterocycles. The molecule has 1 saturated carbocycles. The van der Waals surface area contributed by atoms with Gasteiger partial charge in [0.1, 0.15) is 11.9 Å². The van der Waals surface area contributed by atoms with E-state index in [1.807, 2.05) is 12.3 Å². The summed E-state index contributed by atoms with van der Waals surface area (Å²) in [5.41, 5.74) is 7.04. The van der Waals surface area contributed by atoms with Gasteiger partial charge in [-0.2, -0.15) is 0 Å². The second-order valence-corrected chi connectivity index (χ2v) is 12.8. The fourth-order valence-electron chi connectivity index (χ4n) is 7.30. The predicted molar refractivity (Wildman–Crippen MR) is 162 cm³/mol. The van der Waals surface area contributed by atoms with Gasteiger partial charge >= 0.3 is 29.6 Å². The summed E-state index contributed by atoms with van der Waals surface area (Å²) < 4.78 is 12.2. The number of methoxy groups -OCH3 is 1. The number of likely N-dealkylation sites (tertiary alicyclic amines) is 1. The van der Waals surface area contributed by atoms with Crippen LogP contribution in [0.25, 0.3) is 11.1 Å². The van der Waals surface area contributed by atoms with Crippen LogP contribution in [-0.4, -0.2) is 35.0 Å². The number of carboxylic acid groups (broad SMARTS) is 1. The van der Waals surface area contributed by atoms with Crippen LogP contribution in [0, 0.1) is 11.8 Å². The fourth-order valence-corrected chi connectivity index (χ4v) is 7.30. The van der Waals surface area contributed by atoms with Gasteiger partial charge < -0.3 is 19.4 Å². The number of rotatable bonds is 9. The van der Waals surface area contributed by atoms with Gasteiger partial charge in [0, 0.05) is 42.8 Å². The molecule has 7 heteroatoms. The number of pyridine rings is 1. The number of benzene rings is 2. The van der Waals surface area contributed by atoms with Gasteiger partial charge in [0.05, 0.1) is 7.11 Å². The Bertz CT molecular complexity index is 1430. The van der Waals surface area contributed by atoms with Crippen molar-refractivity contribution < 1.29 is 48.9 Å². The van der Waals surface area contributed by atoms with E-state index in [4.69, 9.17) is 9.47 Å². The van der Waals surface area contributed by atoms with Crippen molar-refractivity contribution in [1.29, 1.82) is 0 Å². The number of aliphatic carboxylic acids is 1. The number of fused-ring (bicyclic) bond motifs is 1. The maximum Gasteiger partial charge on any atom is 1.00 e. The first-order chi connectivity index (χ1) is 20.3. The molecule has 2 aromatic carbocycles. The molecular weight excluding hydrogens is 547 g/mol. The smallest absolute Gasteiger partial charge is 0.550 e. The van der Waals surface area contributed by atoms with E-state index >= 15 is 0 Å². The summed E-state index contributed by atoms with van der Waals surface area (Å²) in [6.07, 6.45) is 9.50. The number of aromatic nitrogens is 1. The first-order valence-corrected chi connectivity index (χ1v) is 15.7. The first-order valence-electron chi connectivity index (χ1n) is 15.7. The van der Waals surface area contributed by atoms with E-state index < -0.39 is 11.9 Å². The van der Waals surface area contributed by atoms with Gasteiger partial charge in [-0.25, -0.2) is 4.98 Å². The number of hydrogen-bond donors (Lipinski definition) is 0. The average molecular weight is 591 g/mol. The molecule has 0 radical (unpaired) electrons. The van der Waals surface area contributed by atoms with Crippen molar-refractivity contribution in [2.45, 2.75) is 96.4 Å². The Morgan fingerprint density at radius 3 is 2.51 bits per heavy atom. The van der Waals surface area contributed by atoms with Crippen molar-refractivity contribution in [2.75, 3.05) is 7.11 Å². The predicted octanol–water partition coefficient (Wildman–Crippen LogP) is 3.47. The van der Waals surface area contributed by atoms with E-state index in [1.54, 1.807) is 14.0 Å². The zero-order chi connectivity index (χ0) is 29.4. The molecule has 0 amide bonds. The van der Waals surface area contributed by atoms with Gasteiger partial charge in [-0.1, -0.05) is 43.7 Å². The minimum absolute atomic E-state index is 0. The largest absolute Gasteiger partial charge is 1.00 e. The maximum atomic E-state index is 11.8. The molecule has 3 aromatic rings. The van der Waals surface area contributed by atoms with Crippen molar-refractivity contribution >= 4 is 5.97 Å². The number of carbonyl (C=O) groups excluding carboxylic acids is 1. The zero-order valence-corrected chi connectivity index (χ0v) is 28.3. The molecule has 2 fully saturated rings. The van der Waals surface area contributed by atoms with Gasteiger partial charge in [0.25, 0.3) is 0 Å². The standard InChI is InChI=1S/C36H44N2O4.Na/c1-22-6-5-7-23(2)38(22)21-30-18-28(12-14-31(30)27-16-17-37-34(20-27)41-4)32-15-13-25-8-11-29(19-33(25)42-32)35(26-9-10-26)24(3)36(39)40;/h8,11-12,14,16-20,22-24,26,32,35H,5-7,9-10,13,15,21H2,1-4H3,(H,39,40);/q;+1/p-1/t22-,23-,24+,32?,35+;/m1./s1. The molecule has 222 valence electrons. The molecule has 6 rings (SSSR count). The molecule has 3 heterocycles. The molecule has 1 aromatic heterocycles. The minimum atomic E-state index is -0.972. The normalized spacial score (nSPS) is 23.3. The van der Waals surface area contributed by atoms with Gasteiger partial charge in [-0.05, 0) is 110 Å². The second kappa shape index (κ2) is 13.7. The molecule has 0 N–H and O–H groups in total. The summed E-state index contributed by atoms with van der Waals surface area (Å²) in [6, 6.07) is 18.3. The van der Waals surface area contributed by atoms with E-state index in [9.17, 15) is 9.90 Å². The Kier molecular flexibility index (Phi) is 10.2. The average Bonchev–Trinajstić information content (AvgIpc) is 3.84. The molecule has 3 aliphatic rings. The van der Waals surface area contributed by atoms with Crippen LogP contribution < -0.4 is 44.1 Å². The summed E-state index contributed by atoms with van der Waals surface area (Å²) in [4.78, 5) is 18.8. The van der Waals surface area contributed by atoms with E-state index in [2.05, 4.69) is 66.2 Å². The van der Waals surface area contributed by atoms with Crippen LogP contribution in [-0.2, 0) is 17.8 Å². The number of ether oxygens (including phenoxy) is 2. The minimum Gasteiger partial charge on any atom is -0.550 e. The van der Waals surface area contributed by atoms with Crippen LogP contribution in [0.3, 0.4) is 0 Å². The van der Waals surface area contributed by atoms with E-state index in [-0.39, 0.29) is 41.6 Å². The molecule has 5 atom stereocenters. The summed E-state index contributed by atoms with van der Waals surface area (Å²) in [5, 5.41) is 11.8. The van der Waals surface area contributed by atoms with Gasteiger partial charge in [0.15, 0.2) is 0 Å². The number of carboxylic acids is 1. The number of hydrogen-bond acceptors (Lipinski definition) is 6. The van der Waals surface area contributed by atoms with Crippen molar-refractivity contribution in [1.82, 2.24) is 9.88 Å². The Hall–Kier alpha value is -2.38. The summed E-state index contributed by atoms with van der Waals surface area (Å²) in [7, 11) is 1.66. The number of aryl methyl sites for hydroxylation is 1. The summed E-state index contributed by atoms with van der Waals surface area (Å²) in [5.74, 6) is 0.403. The monoisotopic (exact) mass is 590 g/mol. The molecular formula is C36H43N2NaO4. The molecule has 0 spiro atoms. The van der Waals surface area contributed by atoms with Crippen LogP contribution in [0.15, 0.2) is 54.7 Å². The summed E-state index contributed by atoms with van der Waals surface area (Å²) in [6.45, 7) is 7.37. The Labute approximate surface area is 278 Å². The van der Waals surface area contributed by atoms with E-state index in [1.165, 1.54) is 41.5 Å². The Morgan fingerprint density at radius 1 is 1.05 bits per heavy atom. The van der Waals surface area contributed by atoms with Crippen molar-refractivity contribution in [2.24, 2.45) is 11.8 Å². The Balaban J connectivity index is 0.00000368. The van der Waals surface area contributed by atoms with Crippen molar-refractivity contribution in [3.63, 3.8) is 0 Å². The van der Waals surface area contributed by atoms with Crippen LogP contribution in [0.4, 0.5) is 0 Å². The maximum absolute atomic E-state index is 11.8. The zero-order valence-electron chi connectivity index (χ0n) is 26.3. The third kappa shape index (κ3) is 6.98. The third-order valence-corrected chi connectivity index (χ3v) is 9.95.